The van der Waals surface area contributed by atoms with Crippen LogP contribution in [0.3, 0.4) is 0 Å². The molecular formula is C11H11NO2. The van der Waals surface area contributed by atoms with Crippen molar-refractivity contribution < 1.29 is 9.53 Å². The summed E-state index contributed by atoms with van der Waals surface area (Å²) in [5, 5.41) is 0. The zero-order valence-electron chi connectivity index (χ0n) is 7.99. The smallest absolute Gasteiger partial charge is 0.235 e. The summed E-state index contributed by atoms with van der Waals surface area (Å²) < 4.78 is 5.23. The molecule has 1 aromatic rings. The number of isocyanates is 1. The number of hydrogen-bond donors (Lipinski definition) is 0. The molecule has 1 aliphatic carbocycles. The van der Waals surface area contributed by atoms with Gasteiger partial charge in [-0.05, 0) is 18.9 Å². The molecule has 3 heteroatoms. The second-order valence-electron chi connectivity index (χ2n) is 3.43. The van der Waals surface area contributed by atoms with E-state index in [0.717, 1.165) is 24.2 Å². The lowest BCUT2D eigenvalue weighted by atomic mass is 10.0. The first kappa shape index (κ1) is 8.97. The van der Waals surface area contributed by atoms with Gasteiger partial charge in [0.05, 0.1) is 7.11 Å². The van der Waals surface area contributed by atoms with Gasteiger partial charge in [0.15, 0.2) is 0 Å². The molecule has 1 fully saturated rings. The Morgan fingerprint density at radius 3 is 2.71 bits per heavy atom. The van der Waals surface area contributed by atoms with Crippen LogP contribution in [0.15, 0.2) is 29.3 Å². The Morgan fingerprint density at radius 1 is 1.43 bits per heavy atom. The largest absolute Gasteiger partial charge is 0.496 e. The molecule has 3 nitrogen and oxygen atoms in total. The summed E-state index contributed by atoms with van der Waals surface area (Å²) >= 11 is 0. The van der Waals surface area contributed by atoms with Crippen LogP contribution in [-0.2, 0) is 10.3 Å². The highest BCUT2D eigenvalue weighted by Crippen LogP contribution is 2.51. The molecule has 72 valence electrons. The molecule has 0 atom stereocenters. The first-order valence-electron chi connectivity index (χ1n) is 4.55. The Balaban J connectivity index is 2.45. The second-order valence-corrected chi connectivity index (χ2v) is 3.43. The predicted octanol–water partition coefficient (Wildman–Crippen LogP) is 2.02. The van der Waals surface area contributed by atoms with Gasteiger partial charge >= 0.3 is 0 Å². The van der Waals surface area contributed by atoms with Crippen molar-refractivity contribution in [3.05, 3.63) is 29.8 Å². The van der Waals surface area contributed by atoms with Crippen molar-refractivity contribution in [3.8, 4) is 5.75 Å². The van der Waals surface area contributed by atoms with Gasteiger partial charge in [-0.25, -0.2) is 4.79 Å². The van der Waals surface area contributed by atoms with Crippen molar-refractivity contribution >= 4 is 6.08 Å². The quantitative estimate of drug-likeness (QED) is 0.539. The van der Waals surface area contributed by atoms with Crippen LogP contribution in [0.4, 0.5) is 0 Å². The number of benzene rings is 1. The van der Waals surface area contributed by atoms with Gasteiger partial charge in [-0.3, -0.25) is 0 Å². The van der Waals surface area contributed by atoms with Crippen LogP contribution in [-0.4, -0.2) is 13.2 Å². The summed E-state index contributed by atoms with van der Waals surface area (Å²) in [5.74, 6) is 0.795. The summed E-state index contributed by atoms with van der Waals surface area (Å²) in [7, 11) is 1.62. The van der Waals surface area contributed by atoms with Crippen molar-refractivity contribution in [3.63, 3.8) is 0 Å². The molecule has 0 aromatic heterocycles. The maximum absolute atomic E-state index is 10.3. The molecule has 2 rings (SSSR count). The lowest BCUT2D eigenvalue weighted by Crippen LogP contribution is -2.04. The molecule has 14 heavy (non-hydrogen) atoms. The van der Waals surface area contributed by atoms with Gasteiger partial charge in [-0.15, -0.1) is 0 Å². The predicted molar refractivity (Wildman–Crippen MR) is 52.0 cm³/mol. The van der Waals surface area contributed by atoms with Crippen molar-refractivity contribution in [2.24, 2.45) is 4.99 Å². The number of hydrogen-bond acceptors (Lipinski definition) is 3. The maximum Gasteiger partial charge on any atom is 0.235 e. The minimum Gasteiger partial charge on any atom is -0.496 e. The number of methoxy groups -OCH3 is 1. The number of para-hydroxylation sites is 1. The van der Waals surface area contributed by atoms with E-state index in [1.807, 2.05) is 24.3 Å². The van der Waals surface area contributed by atoms with E-state index < -0.39 is 0 Å². The topological polar surface area (TPSA) is 38.7 Å². The second kappa shape index (κ2) is 3.28. The number of rotatable bonds is 3. The molecule has 0 heterocycles. The Morgan fingerprint density at radius 2 is 2.14 bits per heavy atom. The molecule has 1 aliphatic rings. The van der Waals surface area contributed by atoms with Crippen LogP contribution >= 0.6 is 0 Å². The van der Waals surface area contributed by atoms with Crippen LogP contribution < -0.4 is 4.74 Å². The molecule has 1 saturated carbocycles. The van der Waals surface area contributed by atoms with Crippen LogP contribution in [0.25, 0.3) is 0 Å². The number of nitrogens with zero attached hydrogens (tertiary/aromatic N) is 1. The lowest BCUT2D eigenvalue weighted by molar-refractivity contribution is 0.404. The Hall–Kier alpha value is -1.60. The third kappa shape index (κ3) is 1.32. The molecule has 0 aliphatic heterocycles. The van der Waals surface area contributed by atoms with E-state index >= 15 is 0 Å². The van der Waals surface area contributed by atoms with Gasteiger partial charge in [-0.2, -0.15) is 4.99 Å². The van der Waals surface area contributed by atoms with E-state index in [9.17, 15) is 4.79 Å². The molecule has 0 bridgehead atoms. The molecule has 0 N–H and O–H groups in total. The van der Waals surface area contributed by atoms with Crippen molar-refractivity contribution in [2.75, 3.05) is 7.11 Å². The van der Waals surface area contributed by atoms with Crippen LogP contribution in [0, 0.1) is 0 Å². The van der Waals surface area contributed by atoms with Crippen molar-refractivity contribution in [2.45, 2.75) is 18.4 Å². The first-order chi connectivity index (χ1) is 6.82. The Kier molecular flexibility index (Phi) is 2.10. The number of carbonyl (C=O) groups excluding carboxylic acids is 1. The number of aliphatic imine (C=N–C) groups is 1. The summed E-state index contributed by atoms with van der Waals surface area (Å²) in [6.45, 7) is 0. The molecule has 0 radical (unpaired) electrons. The van der Waals surface area contributed by atoms with Crippen molar-refractivity contribution in [1.29, 1.82) is 0 Å². The van der Waals surface area contributed by atoms with E-state index in [2.05, 4.69) is 4.99 Å². The van der Waals surface area contributed by atoms with Crippen LogP contribution in [0.1, 0.15) is 18.4 Å². The normalized spacial score (nSPS) is 16.9. The SMILES string of the molecule is COc1ccccc1C1(N=C=O)CC1. The molecule has 0 amide bonds. The van der Waals surface area contributed by atoms with Gasteiger partial charge in [0.1, 0.15) is 11.3 Å². The van der Waals surface area contributed by atoms with E-state index in [0.29, 0.717) is 0 Å². The monoisotopic (exact) mass is 189 g/mol. The fourth-order valence-corrected chi connectivity index (χ4v) is 1.68. The average Bonchev–Trinajstić information content (AvgIpc) is 2.99. The minimum absolute atomic E-state index is 0.339. The summed E-state index contributed by atoms with van der Waals surface area (Å²) in [6, 6.07) is 7.67. The van der Waals surface area contributed by atoms with E-state index in [1.165, 1.54) is 0 Å². The Labute approximate surface area is 82.4 Å². The van der Waals surface area contributed by atoms with Gasteiger partial charge in [0, 0.05) is 5.56 Å². The fourth-order valence-electron chi connectivity index (χ4n) is 1.68. The minimum atomic E-state index is -0.339. The zero-order valence-corrected chi connectivity index (χ0v) is 7.99. The number of ether oxygens (including phenoxy) is 1. The van der Waals surface area contributed by atoms with E-state index in [-0.39, 0.29) is 5.54 Å². The van der Waals surface area contributed by atoms with Gasteiger partial charge in [-0.1, -0.05) is 18.2 Å². The van der Waals surface area contributed by atoms with Gasteiger partial charge in [0.25, 0.3) is 0 Å². The highest BCUT2D eigenvalue weighted by Gasteiger charge is 2.46. The summed E-state index contributed by atoms with van der Waals surface area (Å²) in [4.78, 5) is 14.2. The standard InChI is InChI=1S/C11H11NO2/c1-14-10-5-3-2-4-9(10)11(6-7-11)12-8-13/h2-5H,6-7H2,1H3. The first-order valence-corrected chi connectivity index (χ1v) is 4.55. The zero-order chi connectivity index (χ0) is 10.0. The molecule has 0 saturated heterocycles. The molecular weight excluding hydrogens is 178 g/mol. The third-order valence-electron chi connectivity index (χ3n) is 2.59. The van der Waals surface area contributed by atoms with Crippen molar-refractivity contribution in [1.82, 2.24) is 0 Å². The van der Waals surface area contributed by atoms with Crippen LogP contribution in [0.5, 0.6) is 5.75 Å². The molecule has 0 spiro atoms. The third-order valence-corrected chi connectivity index (χ3v) is 2.59. The fraction of sp³-hybridized carbons (Fsp3) is 0.364. The van der Waals surface area contributed by atoms with Gasteiger partial charge < -0.3 is 4.74 Å². The van der Waals surface area contributed by atoms with E-state index in [4.69, 9.17) is 4.74 Å². The van der Waals surface area contributed by atoms with Crippen LogP contribution in [0.2, 0.25) is 0 Å². The highest BCUT2D eigenvalue weighted by atomic mass is 16.5. The summed E-state index contributed by atoms with van der Waals surface area (Å²) in [5.41, 5.74) is 0.653. The maximum atomic E-state index is 10.3. The molecule has 0 unspecified atom stereocenters. The van der Waals surface area contributed by atoms with Gasteiger partial charge in [0.2, 0.25) is 6.08 Å². The molecule has 1 aromatic carbocycles. The highest BCUT2D eigenvalue weighted by molar-refractivity contribution is 5.47. The van der Waals surface area contributed by atoms with E-state index in [1.54, 1.807) is 13.2 Å². The average molecular weight is 189 g/mol. The lowest BCUT2D eigenvalue weighted by Gasteiger charge is -2.12. The Bertz CT molecular complexity index is 390. The summed E-state index contributed by atoms with van der Waals surface area (Å²) in [6.07, 6.45) is 3.45.